The number of nitrogens with one attached hydrogen (secondary N) is 1. The summed E-state index contributed by atoms with van der Waals surface area (Å²) in [6.07, 6.45) is 1.54. The highest BCUT2D eigenvalue weighted by atomic mass is 79.9. The molecule has 0 saturated heterocycles. The van der Waals surface area contributed by atoms with Crippen LogP contribution < -0.4 is 5.32 Å². The summed E-state index contributed by atoms with van der Waals surface area (Å²) >= 11 is 6.45. The molecular formula is C12H7Br2FN2O. The molecule has 1 amide bonds. The van der Waals surface area contributed by atoms with Crippen LogP contribution in [0, 0.1) is 5.82 Å². The molecule has 3 nitrogen and oxygen atoms in total. The summed E-state index contributed by atoms with van der Waals surface area (Å²) in [5.74, 6) is -0.765. The van der Waals surface area contributed by atoms with Gasteiger partial charge in [-0.25, -0.2) is 9.37 Å². The van der Waals surface area contributed by atoms with Crippen LogP contribution in [0.5, 0.6) is 0 Å². The summed E-state index contributed by atoms with van der Waals surface area (Å²) in [7, 11) is 0. The second-order valence-corrected chi connectivity index (χ2v) is 5.27. The Labute approximate surface area is 120 Å². The number of anilines is 1. The second-order valence-electron chi connectivity index (χ2n) is 3.44. The van der Waals surface area contributed by atoms with Crippen molar-refractivity contribution in [3.63, 3.8) is 0 Å². The van der Waals surface area contributed by atoms with E-state index in [2.05, 4.69) is 42.2 Å². The Kier molecular flexibility index (Phi) is 4.08. The normalized spacial score (nSPS) is 10.2. The number of hydrogen-bond acceptors (Lipinski definition) is 2. The summed E-state index contributed by atoms with van der Waals surface area (Å²) in [5.41, 5.74) is -0.0360. The maximum atomic E-state index is 13.5. The Morgan fingerprint density at radius 3 is 2.61 bits per heavy atom. The lowest BCUT2D eigenvalue weighted by Crippen LogP contribution is -2.14. The van der Waals surface area contributed by atoms with Crippen LogP contribution in [0.25, 0.3) is 0 Å². The SMILES string of the molecule is O=C(Nc1cc(Br)ccn1)c1cc(Br)ccc1F. The van der Waals surface area contributed by atoms with Crippen molar-refractivity contribution >= 4 is 43.6 Å². The lowest BCUT2D eigenvalue weighted by atomic mass is 10.2. The van der Waals surface area contributed by atoms with Gasteiger partial charge in [0, 0.05) is 15.1 Å². The number of aromatic nitrogens is 1. The van der Waals surface area contributed by atoms with Gasteiger partial charge in [0.25, 0.3) is 5.91 Å². The Hall–Kier alpha value is -1.27. The Balaban J connectivity index is 2.24. The van der Waals surface area contributed by atoms with Gasteiger partial charge >= 0.3 is 0 Å². The van der Waals surface area contributed by atoms with E-state index in [1.54, 1.807) is 12.1 Å². The van der Waals surface area contributed by atoms with Crippen LogP contribution in [0.2, 0.25) is 0 Å². The summed E-state index contributed by atoms with van der Waals surface area (Å²) in [6, 6.07) is 7.54. The molecule has 0 radical (unpaired) electrons. The van der Waals surface area contributed by atoms with Gasteiger partial charge < -0.3 is 5.32 Å². The first-order valence-corrected chi connectivity index (χ1v) is 6.53. The van der Waals surface area contributed by atoms with Crippen molar-refractivity contribution in [2.75, 3.05) is 5.32 Å². The number of carbonyl (C=O) groups excluding carboxylic acids is 1. The van der Waals surface area contributed by atoms with Gasteiger partial charge in [0.1, 0.15) is 11.6 Å². The molecule has 0 unspecified atom stereocenters. The second kappa shape index (κ2) is 5.58. The number of nitrogens with zero attached hydrogens (tertiary/aromatic N) is 1. The van der Waals surface area contributed by atoms with Crippen LogP contribution in [-0.4, -0.2) is 10.9 Å². The molecule has 18 heavy (non-hydrogen) atoms. The number of rotatable bonds is 2. The molecule has 0 bridgehead atoms. The number of pyridine rings is 1. The summed E-state index contributed by atoms with van der Waals surface area (Å²) in [6.45, 7) is 0. The third-order valence-electron chi connectivity index (χ3n) is 2.14. The number of halogens is 3. The average molecular weight is 374 g/mol. The maximum absolute atomic E-state index is 13.5. The van der Waals surface area contributed by atoms with Crippen LogP contribution in [0.3, 0.4) is 0 Å². The molecule has 0 fully saturated rings. The molecule has 1 aromatic heterocycles. The highest BCUT2D eigenvalue weighted by molar-refractivity contribution is 9.10. The minimum atomic E-state index is -0.578. The first-order valence-electron chi connectivity index (χ1n) is 4.94. The van der Waals surface area contributed by atoms with Crippen LogP contribution in [0.15, 0.2) is 45.5 Å². The number of benzene rings is 1. The molecular weight excluding hydrogens is 367 g/mol. The van der Waals surface area contributed by atoms with E-state index in [1.165, 1.54) is 24.4 Å². The molecule has 92 valence electrons. The van der Waals surface area contributed by atoms with Gasteiger partial charge in [0.2, 0.25) is 0 Å². The average Bonchev–Trinajstić information content (AvgIpc) is 2.32. The lowest BCUT2D eigenvalue weighted by Gasteiger charge is -2.06. The van der Waals surface area contributed by atoms with Gasteiger partial charge in [-0.1, -0.05) is 31.9 Å². The molecule has 0 atom stereocenters. The molecule has 1 heterocycles. The Morgan fingerprint density at radius 2 is 1.89 bits per heavy atom. The van der Waals surface area contributed by atoms with Gasteiger partial charge in [0.15, 0.2) is 0 Å². The molecule has 2 aromatic rings. The molecule has 0 aliphatic carbocycles. The fourth-order valence-corrected chi connectivity index (χ4v) is 2.02. The fraction of sp³-hybridized carbons (Fsp3) is 0. The summed E-state index contributed by atoms with van der Waals surface area (Å²) in [4.78, 5) is 15.8. The topological polar surface area (TPSA) is 42.0 Å². The highest BCUT2D eigenvalue weighted by Crippen LogP contribution is 2.18. The van der Waals surface area contributed by atoms with E-state index in [0.717, 1.165) is 4.47 Å². The quantitative estimate of drug-likeness (QED) is 0.864. The van der Waals surface area contributed by atoms with Crippen LogP contribution in [0.4, 0.5) is 10.2 Å². The van der Waals surface area contributed by atoms with Crippen molar-refractivity contribution in [2.24, 2.45) is 0 Å². The monoisotopic (exact) mass is 372 g/mol. The zero-order chi connectivity index (χ0) is 13.1. The maximum Gasteiger partial charge on any atom is 0.259 e. The van der Waals surface area contributed by atoms with E-state index in [9.17, 15) is 9.18 Å². The minimum Gasteiger partial charge on any atom is -0.306 e. The van der Waals surface area contributed by atoms with E-state index in [1.807, 2.05) is 0 Å². The molecule has 0 aliphatic heterocycles. The van der Waals surface area contributed by atoms with Crippen LogP contribution in [-0.2, 0) is 0 Å². The van der Waals surface area contributed by atoms with Crippen molar-refractivity contribution in [3.8, 4) is 0 Å². The van der Waals surface area contributed by atoms with Crippen molar-refractivity contribution in [3.05, 3.63) is 56.9 Å². The minimum absolute atomic E-state index is 0.0360. The summed E-state index contributed by atoms with van der Waals surface area (Å²) in [5, 5.41) is 2.53. The third kappa shape index (κ3) is 3.14. The Bertz CT molecular complexity index is 604. The van der Waals surface area contributed by atoms with Crippen molar-refractivity contribution in [1.82, 2.24) is 4.98 Å². The van der Waals surface area contributed by atoms with Crippen LogP contribution >= 0.6 is 31.9 Å². The number of amides is 1. The standard InChI is InChI=1S/C12H7Br2FN2O/c13-7-1-2-10(15)9(5-7)12(18)17-11-6-8(14)3-4-16-11/h1-6H,(H,16,17,18). The van der Waals surface area contributed by atoms with E-state index in [4.69, 9.17) is 0 Å². The molecule has 1 N–H and O–H groups in total. The Morgan fingerprint density at radius 1 is 1.17 bits per heavy atom. The molecule has 1 aromatic carbocycles. The van der Waals surface area contributed by atoms with E-state index >= 15 is 0 Å². The van der Waals surface area contributed by atoms with E-state index in [-0.39, 0.29) is 5.56 Å². The van der Waals surface area contributed by atoms with Crippen molar-refractivity contribution < 1.29 is 9.18 Å². The predicted octanol–water partition coefficient (Wildman–Crippen LogP) is 4.00. The van der Waals surface area contributed by atoms with E-state index in [0.29, 0.717) is 10.3 Å². The summed E-state index contributed by atoms with van der Waals surface area (Å²) < 4.78 is 14.9. The molecule has 2 rings (SSSR count). The highest BCUT2D eigenvalue weighted by Gasteiger charge is 2.12. The lowest BCUT2D eigenvalue weighted by molar-refractivity contribution is 0.102. The number of carbonyl (C=O) groups is 1. The zero-order valence-corrected chi connectivity index (χ0v) is 12.1. The van der Waals surface area contributed by atoms with Gasteiger partial charge in [-0.2, -0.15) is 0 Å². The number of hydrogen-bond donors (Lipinski definition) is 1. The van der Waals surface area contributed by atoms with Crippen molar-refractivity contribution in [2.45, 2.75) is 0 Å². The first-order chi connectivity index (χ1) is 8.56. The fourth-order valence-electron chi connectivity index (χ4n) is 1.33. The van der Waals surface area contributed by atoms with Gasteiger partial charge in [-0.3, -0.25) is 4.79 Å². The van der Waals surface area contributed by atoms with E-state index < -0.39 is 11.7 Å². The molecule has 0 aliphatic rings. The third-order valence-corrected chi connectivity index (χ3v) is 3.12. The van der Waals surface area contributed by atoms with Gasteiger partial charge in [0.05, 0.1) is 5.56 Å². The van der Waals surface area contributed by atoms with Gasteiger partial charge in [-0.05, 0) is 30.3 Å². The van der Waals surface area contributed by atoms with Crippen LogP contribution in [0.1, 0.15) is 10.4 Å². The zero-order valence-electron chi connectivity index (χ0n) is 8.95. The largest absolute Gasteiger partial charge is 0.306 e. The molecule has 6 heteroatoms. The van der Waals surface area contributed by atoms with Crippen molar-refractivity contribution in [1.29, 1.82) is 0 Å². The predicted molar refractivity (Wildman–Crippen MR) is 74.0 cm³/mol. The molecule has 0 spiro atoms. The molecule has 0 saturated carbocycles. The first kappa shape index (κ1) is 13.2. The smallest absolute Gasteiger partial charge is 0.259 e. The van der Waals surface area contributed by atoms with Gasteiger partial charge in [-0.15, -0.1) is 0 Å².